The SMILES string of the molecule is C=CC(=O)OC(CCCCCC)(CCC(=O)O)C(=O)OCC1CO1. The zero-order chi connectivity index (χ0) is 18.0. The maximum Gasteiger partial charge on any atom is 0.350 e. The van der Waals surface area contributed by atoms with Gasteiger partial charge in [0.15, 0.2) is 0 Å². The molecule has 0 spiro atoms. The molecule has 0 radical (unpaired) electrons. The summed E-state index contributed by atoms with van der Waals surface area (Å²) in [5, 5.41) is 8.95. The van der Waals surface area contributed by atoms with E-state index in [0.29, 0.717) is 13.0 Å². The van der Waals surface area contributed by atoms with Crippen LogP contribution in [-0.2, 0) is 28.6 Å². The molecule has 1 N–H and O–H groups in total. The number of unbranched alkanes of at least 4 members (excludes halogenated alkanes) is 3. The molecular formula is C17H26O7. The van der Waals surface area contributed by atoms with Gasteiger partial charge in [-0.3, -0.25) is 4.79 Å². The van der Waals surface area contributed by atoms with Gasteiger partial charge in [-0.2, -0.15) is 0 Å². The van der Waals surface area contributed by atoms with Crippen molar-refractivity contribution in [3.05, 3.63) is 12.7 Å². The largest absolute Gasteiger partial charge is 0.481 e. The third-order valence-corrected chi connectivity index (χ3v) is 3.81. The predicted octanol–water partition coefficient (Wildman–Crippen LogP) is 2.23. The van der Waals surface area contributed by atoms with E-state index in [-0.39, 0.29) is 32.0 Å². The van der Waals surface area contributed by atoms with Gasteiger partial charge in [0, 0.05) is 18.9 Å². The van der Waals surface area contributed by atoms with Gasteiger partial charge in [-0.1, -0.05) is 32.8 Å². The highest BCUT2D eigenvalue weighted by Crippen LogP contribution is 2.29. The molecule has 7 nitrogen and oxygen atoms in total. The Kier molecular flexibility index (Phi) is 8.46. The molecule has 2 atom stereocenters. The monoisotopic (exact) mass is 342 g/mol. The van der Waals surface area contributed by atoms with E-state index in [2.05, 4.69) is 13.5 Å². The summed E-state index contributed by atoms with van der Waals surface area (Å²) in [5.74, 6) is -2.55. The number of epoxide rings is 1. The minimum atomic E-state index is -1.59. The molecule has 7 heteroatoms. The van der Waals surface area contributed by atoms with Crippen LogP contribution in [0.5, 0.6) is 0 Å². The van der Waals surface area contributed by atoms with Crippen molar-refractivity contribution in [3.63, 3.8) is 0 Å². The molecule has 1 aliphatic rings. The van der Waals surface area contributed by atoms with Gasteiger partial charge in [0.2, 0.25) is 5.60 Å². The van der Waals surface area contributed by atoms with Crippen LogP contribution >= 0.6 is 0 Å². The number of carbonyl (C=O) groups excluding carboxylic acids is 2. The molecule has 136 valence electrons. The highest BCUT2D eigenvalue weighted by molar-refractivity contribution is 5.88. The van der Waals surface area contributed by atoms with Gasteiger partial charge in [-0.25, -0.2) is 9.59 Å². The van der Waals surface area contributed by atoms with Crippen molar-refractivity contribution in [2.45, 2.75) is 63.6 Å². The van der Waals surface area contributed by atoms with E-state index in [1.807, 2.05) is 0 Å². The molecule has 0 aromatic rings. The highest BCUT2D eigenvalue weighted by Gasteiger charge is 2.44. The van der Waals surface area contributed by atoms with E-state index in [9.17, 15) is 14.4 Å². The minimum absolute atomic E-state index is 0.0776. The molecule has 0 amide bonds. The summed E-state index contributed by atoms with van der Waals surface area (Å²) in [6, 6.07) is 0. The van der Waals surface area contributed by atoms with Crippen molar-refractivity contribution in [2.24, 2.45) is 0 Å². The van der Waals surface area contributed by atoms with Crippen LogP contribution in [0.1, 0.15) is 51.9 Å². The molecular weight excluding hydrogens is 316 g/mol. The van der Waals surface area contributed by atoms with Crippen molar-refractivity contribution in [1.82, 2.24) is 0 Å². The molecule has 0 saturated carbocycles. The molecule has 0 aromatic heterocycles. The van der Waals surface area contributed by atoms with Gasteiger partial charge in [-0.05, 0) is 12.8 Å². The number of carboxylic acid groups (broad SMARTS) is 1. The molecule has 1 fully saturated rings. The number of hydrogen-bond donors (Lipinski definition) is 1. The molecule has 0 aliphatic carbocycles. The summed E-state index contributed by atoms with van der Waals surface area (Å²) in [4.78, 5) is 35.2. The second-order valence-corrected chi connectivity index (χ2v) is 5.88. The first kappa shape index (κ1) is 20.2. The standard InChI is InChI=1S/C17H26O7/c1-3-5-6-7-9-17(10-8-14(18)19,24-15(20)4-2)16(21)23-12-13-11-22-13/h4,13H,2-3,5-12H2,1H3,(H,18,19). The van der Waals surface area contributed by atoms with Crippen molar-refractivity contribution in [1.29, 1.82) is 0 Å². The Hall–Kier alpha value is -1.89. The maximum atomic E-state index is 12.5. The molecule has 2 unspecified atom stereocenters. The first-order valence-electron chi connectivity index (χ1n) is 8.29. The van der Waals surface area contributed by atoms with Crippen LogP contribution in [0.4, 0.5) is 0 Å². The zero-order valence-electron chi connectivity index (χ0n) is 14.1. The normalized spacial score (nSPS) is 18.3. The number of hydrogen-bond acceptors (Lipinski definition) is 6. The maximum absolute atomic E-state index is 12.5. The van der Waals surface area contributed by atoms with E-state index in [1.165, 1.54) is 0 Å². The lowest BCUT2D eigenvalue weighted by Gasteiger charge is -2.30. The van der Waals surface area contributed by atoms with Gasteiger partial charge >= 0.3 is 17.9 Å². The van der Waals surface area contributed by atoms with E-state index in [0.717, 1.165) is 25.3 Å². The van der Waals surface area contributed by atoms with Crippen LogP contribution in [0.25, 0.3) is 0 Å². The molecule has 1 rings (SSSR count). The van der Waals surface area contributed by atoms with Crippen LogP contribution in [0.15, 0.2) is 12.7 Å². The number of carbonyl (C=O) groups is 3. The van der Waals surface area contributed by atoms with Crippen LogP contribution in [-0.4, -0.2) is 47.9 Å². The fourth-order valence-corrected chi connectivity index (χ4v) is 2.32. The van der Waals surface area contributed by atoms with Crippen molar-refractivity contribution in [2.75, 3.05) is 13.2 Å². The lowest BCUT2D eigenvalue weighted by molar-refractivity contribution is -0.183. The first-order valence-corrected chi connectivity index (χ1v) is 8.29. The first-order chi connectivity index (χ1) is 11.4. The highest BCUT2D eigenvalue weighted by atomic mass is 16.6. The lowest BCUT2D eigenvalue weighted by atomic mass is 9.90. The number of rotatable bonds is 13. The second-order valence-electron chi connectivity index (χ2n) is 5.88. The van der Waals surface area contributed by atoms with Crippen LogP contribution in [0.3, 0.4) is 0 Å². The summed E-state index contributed by atoms with van der Waals surface area (Å²) in [6.45, 7) is 5.99. The summed E-state index contributed by atoms with van der Waals surface area (Å²) >= 11 is 0. The molecule has 0 bridgehead atoms. The van der Waals surface area contributed by atoms with Crippen molar-refractivity contribution >= 4 is 17.9 Å². The van der Waals surface area contributed by atoms with Gasteiger partial charge in [0.1, 0.15) is 12.7 Å². The summed E-state index contributed by atoms with van der Waals surface area (Å²) in [7, 11) is 0. The third kappa shape index (κ3) is 7.12. The third-order valence-electron chi connectivity index (χ3n) is 3.81. The van der Waals surface area contributed by atoms with E-state index in [1.54, 1.807) is 0 Å². The molecule has 1 saturated heterocycles. The second kappa shape index (κ2) is 10.1. The fraction of sp³-hybridized carbons (Fsp3) is 0.706. The van der Waals surface area contributed by atoms with Gasteiger partial charge in [0.25, 0.3) is 0 Å². The Balaban J connectivity index is 2.84. The fourth-order valence-electron chi connectivity index (χ4n) is 2.32. The molecule has 1 heterocycles. The summed E-state index contributed by atoms with van der Waals surface area (Å²) in [6.07, 6.45) is 4.12. The predicted molar refractivity (Wildman–Crippen MR) is 85.3 cm³/mol. The van der Waals surface area contributed by atoms with Crippen LogP contribution in [0, 0.1) is 0 Å². The molecule has 24 heavy (non-hydrogen) atoms. The number of ether oxygens (including phenoxy) is 3. The average Bonchev–Trinajstić information content (AvgIpc) is 3.38. The van der Waals surface area contributed by atoms with E-state index >= 15 is 0 Å². The van der Waals surface area contributed by atoms with Crippen molar-refractivity contribution in [3.8, 4) is 0 Å². The van der Waals surface area contributed by atoms with Crippen LogP contribution < -0.4 is 0 Å². The summed E-state index contributed by atoms with van der Waals surface area (Å²) in [5.41, 5.74) is -1.59. The minimum Gasteiger partial charge on any atom is -0.481 e. The number of aliphatic carboxylic acids is 1. The molecule has 0 aromatic carbocycles. The van der Waals surface area contributed by atoms with Crippen LogP contribution in [0.2, 0.25) is 0 Å². The van der Waals surface area contributed by atoms with Gasteiger partial charge < -0.3 is 19.3 Å². The number of esters is 2. The molecule has 1 aliphatic heterocycles. The average molecular weight is 342 g/mol. The Bertz CT molecular complexity index is 456. The summed E-state index contributed by atoms with van der Waals surface area (Å²) < 4.78 is 15.5. The topological polar surface area (TPSA) is 102 Å². The van der Waals surface area contributed by atoms with Gasteiger partial charge in [-0.15, -0.1) is 0 Å². The zero-order valence-corrected chi connectivity index (χ0v) is 14.1. The van der Waals surface area contributed by atoms with E-state index < -0.39 is 23.5 Å². The Labute approximate surface area is 142 Å². The van der Waals surface area contributed by atoms with Gasteiger partial charge in [0.05, 0.1) is 6.61 Å². The lowest BCUT2D eigenvalue weighted by Crippen LogP contribution is -2.45. The Morgan fingerprint density at radius 3 is 2.54 bits per heavy atom. The Morgan fingerprint density at radius 2 is 2.00 bits per heavy atom. The number of carboxylic acids is 1. The van der Waals surface area contributed by atoms with Crippen molar-refractivity contribution < 1.29 is 33.7 Å². The Morgan fingerprint density at radius 1 is 1.29 bits per heavy atom. The van der Waals surface area contributed by atoms with E-state index in [4.69, 9.17) is 19.3 Å². The quantitative estimate of drug-likeness (QED) is 0.237. The smallest absolute Gasteiger partial charge is 0.350 e.